The second-order valence-electron chi connectivity index (χ2n) is 12.8. The maximum atomic E-state index is 12.2. The number of carbonyl (C=O) groups is 3. The van der Waals surface area contributed by atoms with Crippen molar-refractivity contribution in [1.82, 2.24) is 5.32 Å². The van der Waals surface area contributed by atoms with Gasteiger partial charge in [-0.25, -0.2) is 9.36 Å². The number of esters is 1. The largest absolute Gasteiger partial charge is 0.480 e. The number of amides is 1. The number of carboxylic acid groups (broad SMARTS) is 1. The van der Waals surface area contributed by atoms with Gasteiger partial charge in [0.1, 0.15) is 12.7 Å². The molecular formula is C39H68NO10P. The molecule has 0 saturated carbocycles. The summed E-state index contributed by atoms with van der Waals surface area (Å²) in [6.07, 6.45) is 35.8. The first-order valence-corrected chi connectivity index (χ1v) is 20.7. The predicted molar refractivity (Wildman–Crippen MR) is 203 cm³/mol. The third-order valence-corrected chi connectivity index (χ3v) is 8.82. The van der Waals surface area contributed by atoms with Crippen LogP contribution in [0.4, 0.5) is 0 Å². The lowest BCUT2D eigenvalue weighted by Gasteiger charge is -2.18. The van der Waals surface area contributed by atoms with Crippen LogP contribution in [-0.2, 0) is 32.7 Å². The van der Waals surface area contributed by atoms with Crippen molar-refractivity contribution < 1.29 is 47.8 Å². The van der Waals surface area contributed by atoms with Crippen LogP contribution in [0.1, 0.15) is 149 Å². The molecule has 3 atom stereocenters. The van der Waals surface area contributed by atoms with Crippen molar-refractivity contribution in [3.05, 3.63) is 48.6 Å². The van der Waals surface area contributed by atoms with Gasteiger partial charge in [0.05, 0.1) is 13.2 Å². The van der Waals surface area contributed by atoms with E-state index in [1.165, 1.54) is 57.8 Å². The number of phosphoric ester groups is 1. The minimum Gasteiger partial charge on any atom is -0.480 e. The molecule has 0 spiro atoms. The number of hydrogen-bond acceptors (Lipinski definition) is 8. The molecule has 1 amide bonds. The number of ether oxygens (including phenoxy) is 1. The summed E-state index contributed by atoms with van der Waals surface area (Å²) in [4.78, 5) is 45.6. The zero-order chi connectivity index (χ0) is 37.8. The van der Waals surface area contributed by atoms with E-state index >= 15 is 0 Å². The summed E-state index contributed by atoms with van der Waals surface area (Å²) in [5.41, 5.74) is 0. The smallest absolute Gasteiger partial charge is 0.472 e. The molecule has 0 bridgehead atoms. The Hall–Kier alpha value is -2.56. The van der Waals surface area contributed by atoms with Gasteiger partial charge in [-0.05, 0) is 51.4 Å². The van der Waals surface area contributed by atoms with Crippen molar-refractivity contribution in [3.63, 3.8) is 0 Å². The lowest BCUT2D eigenvalue weighted by atomic mass is 10.1. The van der Waals surface area contributed by atoms with Gasteiger partial charge >= 0.3 is 19.8 Å². The normalized spacial score (nSPS) is 14.4. The van der Waals surface area contributed by atoms with Crippen LogP contribution < -0.4 is 5.32 Å². The van der Waals surface area contributed by atoms with Gasteiger partial charge < -0.3 is 25.2 Å². The molecule has 0 fully saturated rings. The lowest BCUT2D eigenvalue weighted by molar-refractivity contribution is -0.147. The third kappa shape index (κ3) is 34.3. The summed E-state index contributed by atoms with van der Waals surface area (Å²) in [6, 6.07) is -1.55. The number of carbonyl (C=O) groups excluding carboxylic acids is 2. The second kappa shape index (κ2) is 34.5. The van der Waals surface area contributed by atoms with E-state index < -0.39 is 57.6 Å². The fourth-order valence-corrected chi connectivity index (χ4v) is 5.61. The average molecular weight is 742 g/mol. The van der Waals surface area contributed by atoms with E-state index in [1.54, 1.807) is 0 Å². The Balaban J connectivity index is 4.03. The minimum absolute atomic E-state index is 0.142. The number of carboxylic acids is 1. The Morgan fingerprint density at radius 3 is 1.65 bits per heavy atom. The summed E-state index contributed by atoms with van der Waals surface area (Å²) in [5.74, 6) is -2.44. The Kier molecular flexibility index (Phi) is 32.8. The van der Waals surface area contributed by atoms with Crippen molar-refractivity contribution in [2.24, 2.45) is 0 Å². The Labute approximate surface area is 307 Å². The molecule has 0 heterocycles. The molecule has 0 saturated heterocycles. The first-order chi connectivity index (χ1) is 24.6. The standard InChI is InChI=1S/C39H68NO10P/c1-3-5-7-9-11-13-15-16-17-18-19-20-21-23-25-27-29-31-38(43)48-32-35(41)33-49-51(46,47)50-34-36(39(44)45)40-37(42)30-28-26-24-22-14-12-10-8-6-4-2/h11,13,16-17,19-20,23,25,35-36,41H,3-10,12,14-15,18,21-22,24,26-34H2,1-2H3,(H,40,42)(H,44,45)(H,46,47)/b13-11-,17-16-,20-19-,25-23-. The van der Waals surface area contributed by atoms with Gasteiger partial charge in [0.15, 0.2) is 6.04 Å². The van der Waals surface area contributed by atoms with E-state index in [2.05, 4.69) is 55.6 Å². The van der Waals surface area contributed by atoms with Crippen LogP contribution in [0.2, 0.25) is 0 Å². The van der Waals surface area contributed by atoms with E-state index in [0.717, 1.165) is 44.9 Å². The summed E-state index contributed by atoms with van der Waals surface area (Å²) in [6.45, 7) is 2.46. The maximum absolute atomic E-state index is 12.2. The molecule has 0 rings (SSSR count). The fraction of sp³-hybridized carbons (Fsp3) is 0.718. The van der Waals surface area contributed by atoms with E-state index in [9.17, 15) is 34.1 Å². The number of hydrogen-bond donors (Lipinski definition) is 4. The van der Waals surface area contributed by atoms with Crippen molar-refractivity contribution in [2.45, 2.75) is 161 Å². The number of aliphatic carboxylic acids is 1. The van der Waals surface area contributed by atoms with E-state index in [-0.39, 0.29) is 12.8 Å². The molecule has 0 aliphatic carbocycles. The van der Waals surface area contributed by atoms with Gasteiger partial charge in [-0.1, -0.05) is 133 Å². The number of aliphatic hydroxyl groups excluding tert-OH is 1. The number of phosphoric acid groups is 1. The Morgan fingerprint density at radius 1 is 0.627 bits per heavy atom. The molecule has 3 unspecified atom stereocenters. The minimum atomic E-state index is -4.76. The molecular weight excluding hydrogens is 673 g/mol. The predicted octanol–water partition coefficient (Wildman–Crippen LogP) is 9.05. The topological polar surface area (TPSA) is 169 Å². The van der Waals surface area contributed by atoms with Crippen LogP contribution in [0.25, 0.3) is 0 Å². The average Bonchev–Trinajstić information content (AvgIpc) is 3.10. The molecule has 0 aliphatic heterocycles. The summed E-state index contributed by atoms with van der Waals surface area (Å²) in [5, 5.41) is 21.7. The number of aliphatic hydroxyl groups is 1. The van der Waals surface area contributed by atoms with Crippen LogP contribution >= 0.6 is 7.82 Å². The van der Waals surface area contributed by atoms with Crippen LogP contribution in [0.15, 0.2) is 48.6 Å². The first-order valence-electron chi connectivity index (χ1n) is 19.2. The van der Waals surface area contributed by atoms with Crippen LogP contribution in [-0.4, -0.2) is 64.9 Å². The molecule has 0 radical (unpaired) electrons. The van der Waals surface area contributed by atoms with E-state index in [4.69, 9.17) is 13.8 Å². The number of nitrogens with one attached hydrogen (secondary N) is 1. The lowest BCUT2D eigenvalue weighted by Crippen LogP contribution is -2.43. The van der Waals surface area contributed by atoms with Gasteiger partial charge in [-0.15, -0.1) is 0 Å². The van der Waals surface area contributed by atoms with E-state index in [0.29, 0.717) is 19.3 Å². The van der Waals surface area contributed by atoms with Gasteiger partial charge in [0.2, 0.25) is 5.91 Å². The second-order valence-corrected chi connectivity index (χ2v) is 14.2. The highest BCUT2D eigenvalue weighted by Crippen LogP contribution is 2.43. The van der Waals surface area contributed by atoms with Crippen molar-refractivity contribution in [3.8, 4) is 0 Å². The zero-order valence-electron chi connectivity index (χ0n) is 31.4. The molecule has 0 aliphatic rings. The maximum Gasteiger partial charge on any atom is 0.472 e. The highest BCUT2D eigenvalue weighted by Gasteiger charge is 2.28. The SMILES string of the molecule is CCCCC/C=C\C/C=C\C/C=C\C/C=C\CCCC(=O)OCC(O)COP(=O)(O)OCC(NC(=O)CCCCCCCCCCCC)C(=O)O. The van der Waals surface area contributed by atoms with Gasteiger partial charge in [0.25, 0.3) is 0 Å². The molecule has 51 heavy (non-hydrogen) atoms. The third-order valence-electron chi connectivity index (χ3n) is 7.87. The summed E-state index contributed by atoms with van der Waals surface area (Å²) in [7, 11) is -4.76. The van der Waals surface area contributed by atoms with Crippen molar-refractivity contribution in [1.29, 1.82) is 0 Å². The highest BCUT2D eigenvalue weighted by atomic mass is 31.2. The number of allylic oxidation sites excluding steroid dienone is 8. The van der Waals surface area contributed by atoms with Crippen LogP contribution in [0.5, 0.6) is 0 Å². The molecule has 4 N–H and O–H groups in total. The van der Waals surface area contributed by atoms with Gasteiger partial charge in [-0.2, -0.15) is 0 Å². The quantitative estimate of drug-likeness (QED) is 0.0213. The molecule has 0 aromatic rings. The number of rotatable bonds is 35. The van der Waals surface area contributed by atoms with Gasteiger partial charge in [0, 0.05) is 12.8 Å². The summed E-state index contributed by atoms with van der Waals surface area (Å²) >= 11 is 0. The van der Waals surface area contributed by atoms with Crippen LogP contribution in [0, 0.1) is 0 Å². The van der Waals surface area contributed by atoms with Crippen LogP contribution in [0.3, 0.4) is 0 Å². The Bertz CT molecular complexity index is 1060. The summed E-state index contributed by atoms with van der Waals surface area (Å²) < 4.78 is 26.6. The fourth-order valence-electron chi connectivity index (χ4n) is 4.84. The van der Waals surface area contributed by atoms with Crippen molar-refractivity contribution >= 4 is 25.7 Å². The first kappa shape index (κ1) is 48.4. The highest BCUT2D eigenvalue weighted by molar-refractivity contribution is 7.47. The molecule has 11 nitrogen and oxygen atoms in total. The number of unbranched alkanes of at least 4 members (excludes halogenated alkanes) is 13. The zero-order valence-corrected chi connectivity index (χ0v) is 32.3. The molecule has 294 valence electrons. The molecule has 0 aromatic heterocycles. The molecule has 0 aromatic carbocycles. The monoisotopic (exact) mass is 741 g/mol. The van der Waals surface area contributed by atoms with Gasteiger partial charge in [-0.3, -0.25) is 18.6 Å². The molecule has 12 heteroatoms. The van der Waals surface area contributed by atoms with E-state index in [1.807, 2.05) is 12.2 Å². The van der Waals surface area contributed by atoms with Crippen molar-refractivity contribution in [2.75, 3.05) is 19.8 Å². The Morgan fingerprint density at radius 2 is 1.10 bits per heavy atom.